The van der Waals surface area contributed by atoms with Crippen LogP contribution in [-0.2, 0) is 21.4 Å². The van der Waals surface area contributed by atoms with Crippen molar-refractivity contribution in [1.82, 2.24) is 4.31 Å². The number of sulfonamides is 1. The third kappa shape index (κ3) is 5.73. The molecule has 1 amide bonds. The number of halogens is 1. The zero-order chi connectivity index (χ0) is 22.6. The second kappa shape index (κ2) is 9.64. The maximum absolute atomic E-state index is 13.3. The number of carbonyl (C=O) groups excluding carboxylic acids is 1. The third-order valence-electron chi connectivity index (χ3n) is 5.00. The van der Waals surface area contributed by atoms with Crippen LogP contribution >= 0.6 is 11.6 Å². The van der Waals surface area contributed by atoms with Gasteiger partial charge in [0.15, 0.2) is 0 Å². The topological polar surface area (TPSA) is 66.5 Å². The van der Waals surface area contributed by atoms with Crippen LogP contribution in [0.4, 0.5) is 5.69 Å². The Morgan fingerprint density at radius 3 is 2.10 bits per heavy atom. The summed E-state index contributed by atoms with van der Waals surface area (Å²) in [4.78, 5) is 13.0. The van der Waals surface area contributed by atoms with Gasteiger partial charge in [-0.15, -0.1) is 0 Å². The molecule has 0 heterocycles. The first-order valence-corrected chi connectivity index (χ1v) is 11.7. The third-order valence-corrected chi connectivity index (χ3v) is 7.22. The van der Waals surface area contributed by atoms with E-state index < -0.39 is 15.9 Å². The van der Waals surface area contributed by atoms with Crippen LogP contribution in [-0.4, -0.2) is 25.2 Å². The Morgan fingerprint density at radius 2 is 1.48 bits per heavy atom. The van der Waals surface area contributed by atoms with Crippen molar-refractivity contribution < 1.29 is 13.2 Å². The van der Waals surface area contributed by atoms with Crippen molar-refractivity contribution in [2.75, 3.05) is 11.9 Å². The van der Waals surface area contributed by atoms with Gasteiger partial charge in [-0.3, -0.25) is 4.79 Å². The number of benzene rings is 3. The Hall–Kier alpha value is -2.67. The average Bonchev–Trinajstić information content (AvgIpc) is 2.73. The molecule has 1 N–H and O–H groups in total. The second-order valence-electron chi connectivity index (χ2n) is 7.53. The van der Waals surface area contributed by atoms with E-state index in [4.69, 9.17) is 11.6 Å². The highest BCUT2D eigenvalue weighted by Gasteiger charge is 2.27. The summed E-state index contributed by atoms with van der Waals surface area (Å²) in [5.41, 5.74) is 4.11. The molecule has 0 aliphatic heterocycles. The molecular formula is C24H25ClN2O3S. The lowest BCUT2D eigenvalue weighted by Gasteiger charge is -2.22. The molecule has 0 aliphatic carbocycles. The van der Waals surface area contributed by atoms with E-state index >= 15 is 0 Å². The maximum atomic E-state index is 13.3. The van der Waals surface area contributed by atoms with Gasteiger partial charge in [0, 0.05) is 17.3 Å². The van der Waals surface area contributed by atoms with Crippen LogP contribution in [0.15, 0.2) is 71.6 Å². The van der Waals surface area contributed by atoms with E-state index in [-0.39, 0.29) is 18.0 Å². The molecule has 5 nitrogen and oxygen atoms in total. The quantitative estimate of drug-likeness (QED) is 0.538. The number of rotatable bonds is 7. The first-order chi connectivity index (χ1) is 14.7. The normalized spacial score (nSPS) is 11.5. The summed E-state index contributed by atoms with van der Waals surface area (Å²) in [5, 5.41) is 3.31. The fourth-order valence-corrected chi connectivity index (χ4v) is 4.63. The maximum Gasteiger partial charge on any atom is 0.243 e. The molecule has 0 fully saturated rings. The average molecular weight is 457 g/mol. The van der Waals surface area contributed by atoms with E-state index in [1.54, 1.807) is 49.4 Å². The molecule has 0 bridgehead atoms. The lowest BCUT2D eigenvalue weighted by molar-refractivity contribution is -0.116. The number of nitrogens with one attached hydrogen (secondary N) is 1. The van der Waals surface area contributed by atoms with Crippen LogP contribution in [0.3, 0.4) is 0 Å². The smallest absolute Gasteiger partial charge is 0.243 e. The molecule has 0 spiro atoms. The summed E-state index contributed by atoms with van der Waals surface area (Å²) in [6.45, 7) is 5.41. The van der Waals surface area contributed by atoms with Gasteiger partial charge in [-0.25, -0.2) is 8.42 Å². The Labute approximate surface area is 188 Å². The molecule has 31 heavy (non-hydrogen) atoms. The molecule has 0 saturated carbocycles. The standard InChI is InChI=1S/C24H25ClN2O3S/c1-17-7-11-20(12-8-17)15-27(31(29,30)21-13-9-18(2)10-14-21)16-24(28)26-23-6-4-5-22(25)19(23)3/h4-14H,15-16H2,1-3H3,(H,26,28). The zero-order valence-electron chi connectivity index (χ0n) is 17.7. The minimum Gasteiger partial charge on any atom is -0.325 e. The molecule has 0 saturated heterocycles. The highest BCUT2D eigenvalue weighted by molar-refractivity contribution is 7.89. The predicted molar refractivity (Wildman–Crippen MR) is 125 cm³/mol. The van der Waals surface area contributed by atoms with Gasteiger partial charge in [0.2, 0.25) is 15.9 Å². The molecule has 7 heteroatoms. The van der Waals surface area contributed by atoms with Crippen LogP contribution in [0.5, 0.6) is 0 Å². The fraction of sp³-hybridized carbons (Fsp3) is 0.208. The van der Waals surface area contributed by atoms with Gasteiger partial charge in [0.25, 0.3) is 0 Å². The molecule has 162 valence electrons. The zero-order valence-corrected chi connectivity index (χ0v) is 19.3. The van der Waals surface area contributed by atoms with Crippen molar-refractivity contribution in [1.29, 1.82) is 0 Å². The molecule has 3 aromatic carbocycles. The van der Waals surface area contributed by atoms with Gasteiger partial charge in [-0.2, -0.15) is 4.31 Å². The molecule has 0 aliphatic rings. The van der Waals surface area contributed by atoms with E-state index in [1.807, 2.05) is 38.1 Å². The van der Waals surface area contributed by atoms with Crippen LogP contribution < -0.4 is 5.32 Å². The summed E-state index contributed by atoms with van der Waals surface area (Å²) in [5.74, 6) is -0.437. The summed E-state index contributed by atoms with van der Waals surface area (Å²) < 4.78 is 27.9. The van der Waals surface area contributed by atoms with Crippen LogP contribution in [0.1, 0.15) is 22.3 Å². The van der Waals surface area contributed by atoms with Crippen molar-refractivity contribution in [3.8, 4) is 0 Å². The number of carbonyl (C=O) groups is 1. The summed E-state index contributed by atoms with van der Waals surface area (Å²) in [6.07, 6.45) is 0. The van der Waals surface area contributed by atoms with E-state index in [1.165, 1.54) is 4.31 Å². The van der Waals surface area contributed by atoms with Crippen molar-refractivity contribution in [2.24, 2.45) is 0 Å². The van der Waals surface area contributed by atoms with Gasteiger partial charge < -0.3 is 5.32 Å². The van der Waals surface area contributed by atoms with Crippen molar-refractivity contribution in [3.05, 3.63) is 94.0 Å². The van der Waals surface area contributed by atoms with E-state index in [2.05, 4.69) is 5.32 Å². The van der Waals surface area contributed by atoms with Crippen LogP contribution in [0.25, 0.3) is 0 Å². The molecule has 0 aromatic heterocycles. The number of amides is 1. The largest absolute Gasteiger partial charge is 0.325 e. The second-order valence-corrected chi connectivity index (χ2v) is 9.88. The highest BCUT2D eigenvalue weighted by atomic mass is 35.5. The van der Waals surface area contributed by atoms with Gasteiger partial charge in [0.05, 0.1) is 11.4 Å². The fourth-order valence-electron chi connectivity index (χ4n) is 3.08. The summed E-state index contributed by atoms with van der Waals surface area (Å²) in [6, 6.07) is 19.4. The molecule has 0 radical (unpaired) electrons. The lowest BCUT2D eigenvalue weighted by atomic mass is 10.1. The van der Waals surface area contributed by atoms with Crippen molar-refractivity contribution in [2.45, 2.75) is 32.2 Å². The number of hydrogen-bond donors (Lipinski definition) is 1. The Morgan fingerprint density at radius 1 is 0.903 bits per heavy atom. The van der Waals surface area contributed by atoms with E-state index in [0.29, 0.717) is 10.7 Å². The number of anilines is 1. The number of hydrogen-bond acceptors (Lipinski definition) is 3. The summed E-state index contributed by atoms with van der Waals surface area (Å²) in [7, 11) is -3.89. The predicted octanol–water partition coefficient (Wildman–Crippen LogP) is 5.09. The van der Waals surface area contributed by atoms with Crippen LogP contribution in [0.2, 0.25) is 5.02 Å². The molecule has 3 aromatic rings. The number of nitrogens with zero attached hydrogens (tertiary/aromatic N) is 1. The van der Waals surface area contributed by atoms with Crippen LogP contribution in [0, 0.1) is 20.8 Å². The Balaban J connectivity index is 1.89. The van der Waals surface area contributed by atoms with Crippen molar-refractivity contribution in [3.63, 3.8) is 0 Å². The van der Waals surface area contributed by atoms with E-state index in [0.717, 1.165) is 22.3 Å². The lowest BCUT2D eigenvalue weighted by Crippen LogP contribution is -2.37. The number of aryl methyl sites for hydroxylation is 2. The minimum atomic E-state index is -3.89. The highest BCUT2D eigenvalue weighted by Crippen LogP contribution is 2.24. The van der Waals surface area contributed by atoms with Gasteiger partial charge >= 0.3 is 0 Å². The first kappa shape index (κ1) is 23.0. The molecule has 0 unspecified atom stereocenters. The Bertz CT molecular complexity index is 1170. The summed E-state index contributed by atoms with van der Waals surface area (Å²) >= 11 is 6.13. The molecule has 0 atom stereocenters. The SMILES string of the molecule is Cc1ccc(CN(CC(=O)Nc2cccc(Cl)c2C)S(=O)(=O)c2ccc(C)cc2)cc1. The minimum absolute atomic E-state index is 0.0818. The van der Waals surface area contributed by atoms with Gasteiger partial charge in [-0.1, -0.05) is 65.2 Å². The van der Waals surface area contributed by atoms with Gasteiger partial charge in [0.1, 0.15) is 0 Å². The van der Waals surface area contributed by atoms with Gasteiger partial charge in [-0.05, 0) is 56.2 Å². The first-order valence-electron chi connectivity index (χ1n) is 9.84. The Kier molecular flexibility index (Phi) is 7.15. The van der Waals surface area contributed by atoms with Crippen molar-refractivity contribution >= 4 is 33.2 Å². The monoisotopic (exact) mass is 456 g/mol. The van der Waals surface area contributed by atoms with E-state index in [9.17, 15) is 13.2 Å². The molecule has 3 rings (SSSR count). The molecular weight excluding hydrogens is 432 g/mol.